The van der Waals surface area contributed by atoms with E-state index < -0.39 is 0 Å². The predicted molar refractivity (Wildman–Crippen MR) is 94.6 cm³/mol. The molecule has 7 nitrogen and oxygen atoms in total. The molecule has 0 aliphatic carbocycles. The molecule has 1 heterocycles. The number of allylic oxidation sites excluding steroid dienone is 3. The Kier molecular flexibility index (Phi) is 14.1. The highest BCUT2D eigenvalue weighted by Crippen LogP contribution is 1.95. The molecule has 0 radical (unpaired) electrons. The van der Waals surface area contributed by atoms with Crippen LogP contribution in [0.4, 0.5) is 0 Å². The van der Waals surface area contributed by atoms with Gasteiger partial charge in [-0.3, -0.25) is 4.79 Å². The molecule has 0 aromatic rings. The zero-order valence-electron chi connectivity index (χ0n) is 15.2. The molecule has 1 aliphatic rings. The third kappa shape index (κ3) is 12.7. The van der Waals surface area contributed by atoms with E-state index in [1.165, 1.54) is 0 Å². The van der Waals surface area contributed by atoms with E-state index in [1.807, 2.05) is 19.1 Å². The normalized spacial score (nSPS) is 21.2. The lowest BCUT2D eigenvalue weighted by Gasteiger charge is -2.21. The summed E-state index contributed by atoms with van der Waals surface area (Å²) in [7, 11) is 0. The van der Waals surface area contributed by atoms with E-state index in [9.17, 15) is 4.79 Å². The molecule has 1 fully saturated rings. The summed E-state index contributed by atoms with van der Waals surface area (Å²) in [6.07, 6.45) is 6.99. The maximum Gasteiger partial charge on any atom is 0.246 e. The van der Waals surface area contributed by atoms with Crippen molar-refractivity contribution in [3.8, 4) is 0 Å². The van der Waals surface area contributed by atoms with Gasteiger partial charge in [-0.25, -0.2) is 0 Å². The quantitative estimate of drug-likeness (QED) is 0.544. The monoisotopic (exact) mass is 357 g/mol. The van der Waals surface area contributed by atoms with E-state index in [1.54, 1.807) is 17.1 Å². The van der Waals surface area contributed by atoms with E-state index in [2.05, 4.69) is 0 Å². The van der Waals surface area contributed by atoms with Crippen molar-refractivity contribution in [1.29, 1.82) is 0 Å². The van der Waals surface area contributed by atoms with Crippen molar-refractivity contribution in [2.24, 2.45) is 0 Å². The topological polar surface area (TPSA) is 66.5 Å². The van der Waals surface area contributed by atoms with Crippen LogP contribution in [0.3, 0.4) is 0 Å². The van der Waals surface area contributed by atoms with E-state index in [0.29, 0.717) is 79.2 Å². The summed E-state index contributed by atoms with van der Waals surface area (Å²) in [5, 5.41) is 0. The van der Waals surface area contributed by atoms with Crippen LogP contribution >= 0.6 is 0 Å². The molecule has 7 heteroatoms. The zero-order chi connectivity index (χ0) is 18.0. The van der Waals surface area contributed by atoms with Crippen molar-refractivity contribution >= 4 is 5.91 Å². The smallest absolute Gasteiger partial charge is 0.246 e. The molecule has 0 spiro atoms. The Labute approximate surface area is 150 Å². The highest BCUT2D eigenvalue weighted by molar-refractivity contribution is 5.87. The first kappa shape index (κ1) is 21.8. The van der Waals surface area contributed by atoms with E-state index in [0.717, 1.165) is 0 Å². The molecule has 0 aromatic carbocycles. The van der Waals surface area contributed by atoms with Gasteiger partial charge in [0.15, 0.2) is 0 Å². The Morgan fingerprint density at radius 2 is 1.08 bits per heavy atom. The molecule has 0 unspecified atom stereocenters. The summed E-state index contributed by atoms with van der Waals surface area (Å²) in [5.41, 5.74) is 0. The fourth-order valence-corrected chi connectivity index (χ4v) is 2.02. The lowest BCUT2D eigenvalue weighted by Crippen LogP contribution is -2.36. The van der Waals surface area contributed by atoms with Crippen molar-refractivity contribution in [2.75, 3.05) is 79.2 Å². The maximum atomic E-state index is 12.2. The Morgan fingerprint density at radius 3 is 1.48 bits per heavy atom. The summed E-state index contributed by atoms with van der Waals surface area (Å²) in [5.74, 6) is -0.0515. The second kappa shape index (κ2) is 16.2. The van der Waals surface area contributed by atoms with Crippen LogP contribution in [0, 0.1) is 0 Å². The fourth-order valence-electron chi connectivity index (χ4n) is 2.02. The summed E-state index contributed by atoms with van der Waals surface area (Å²) >= 11 is 0. The van der Waals surface area contributed by atoms with Crippen LogP contribution in [0.2, 0.25) is 0 Å². The van der Waals surface area contributed by atoms with Gasteiger partial charge in [-0.1, -0.05) is 18.2 Å². The molecule has 25 heavy (non-hydrogen) atoms. The minimum absolute atomic E-state index is 0.0515. The molecule has 0 saturated carbocycles. The molecule has 1 saturated heterocycles. The van der Waals surface area contributed by atoms with Crippen LogP contribution in [0.25, 0.3) is 0 Å². The van der Waals surface area contributed by atoms with Gasteiger partial charge in [0.1, 0.15) is 0 Å². The SMILES string of the molecule is C/C=C/C=C/C(=O)N1CCOCCOCCOCCOCCOCC1. The Hall–Kier alpha value is -1.25. The molecule has 1 rings (SSSR count). The first-order chi connectivity index (χ1) is 12.3. The van der Waals surface area contributed by atoms with E-state index in [-0.39, 0.29) is 5.91 Å². The van der Waals surface area contributed by atoms with Gasteiger partial charge >= 0.3 is 0 Å². The summed E-state index contributed by atoms with van der Waals surface area (Å²) in [6, 6.07) is 0. The van der Waals surface area contributed by atoms with Gasteiger partial charge in [0.2, 0.25) is 5.91 Å². The number of ether oxygens (including phenoxy) is 5. The number of rotatable bonds is 2. The molecule has 1 amide bonds. The zero-order valence-corrected chi connectivity index (χ0v) is 15.2. The summed E-state index contributed by atoms with van der Waals surface area (Å²) in [6.45, 7) is 8.04. The van der Waals surface area contributed by atoms with Crippen molar-refractivity contribution in [2.45, 2.75) is 6.92 Å². The standard InChI is InChI=1S/C18H31NO6/c1-2-3-4-5-18(20)19-6-8-21-10-12-23-14-16-25-17-15-24-13-11-22-9-7-19/h2-5H,6-17H2,1H3/b3-2+,5-4+. The maximum absolute atomic E-state index is 12.2. The number of nitrogens with zero attached hydrogens (tertiary/aromatic N) is 1. The second-order valence-electron chi connectivity index (χ2n) is 5.27. The van der Waals surface area contributed by atoms with Crippen LogP contribution in [0.15, 0.2) is 24.3 Å². The molecule has 0 bridgehead atoms. The second-order valence-corrected chi connectivity index (χ2v) is 5.27. The van der Waals surface area contributed by atoms with Gasteiger partial charge in [0.25, 0.3) is 0 Å². The Balaban J connectivity index is 2.40. The first-order valence-corrected chi connectivity index (χ1v) is 8.81. The van der Waals surface area contributed by atoms with E-state index in [4.69, 9.17) is 23.7 Å². The van der Waals surface area contributed by atoms with Gasteiger partial charge < -0.3 is 28.6 Å². The minimum Gasteiger partial charge on any atom is -0.377 e. The van der Waals surface area contributed by atoms with Crippen molar-refractivity contribution in [3.63, 3.8) is 0 Å². The van der Waals surface area contributed by atoms with Gasteiger partial charge in [0.05, 0.1) is 66.1 Å². The van der Waals surface area contributed by atoms with Crippen LogP contribution < -0.4 is 0 Å². The Morgan fingerprint density at radius 1 is 0.680 bits per heavy atom. The summed E-state index contributed by atoms with van der Waals surface area (Å²) < 4.78 is 27.2. The number of carbonyl (C=O) groups excluding carboxylic acids is 1. The molecule has 144 valence electrons. The Bertz CT molecular complexity index is 368. The lowest BCUT2D eigenvalue weighted by atomic mass is 10.3. The van der Waals surface area contributed by atoms with Crippen LogP contribution in [-0.4, -0.2) is 90.0 Å². The van der Waals surface area contributed by atoms with Crippen molar-refractivity contribution in [1.82, 2.24) is 4.90 Å². The van der Waals surface area contributed by atoms with Crippen molar-refractivity contribution < 1.29 is 28.5 Å². The van der Waals surface area contributed by atoms with Crippen LogP contribution in [0.5, 0.6) is 0 Å². The number of amides is 1. The average molecular weight is 357 g/mol. The highest BCUT2D eigenvalue weighted by atomic mass is 16.6. The van der Waals surface area contributed by atoms with E-state index >= 15 is 0 Å². The van der Waals surface area contributed by atoms with Gasteiger partial charge in [0, 0.05) is 19.2 Å². The molecule has 0 N–H and O–H groups in total. The minimum atomic E-state index is -0.0515. The van der Waals surface area contributed by atoms with Gasteiger partial charge in [-0.15, -0.1) is 0 Å². The summed E-state index contributed by atoms with van der Waals surface area (Å²) in [4.78, 5) is 13.9. The van der Waals surface area contributed by atoms with Crippen molar-refractivity contribution in [3.05, 3.63) is 24.3 Å². The average Bonchev–Trinajstić information content (AvgIpc) is 2.62. The van der Waals surface area contributed by atoms with Gasteiger partial charge in [-0.05, 0) is 6.92 Å². The highest BCUT2D eigenvalue weighted by Gasteiger charge is 2.10. The van der Waals surface area contributed by atoms with Crippen LogP contribution in [-0.2, 0) is 28.5 Å². The predicted octanol–water partition coefficient (Wildman–Crippen LogP) is 1.04. The van der Waals surface area contributed by atoms with Gasteiger partial charge in [-0.2, -0.15) is 0 Å². The number of carbonyl (C=O) groups is 1. The number of hydrogen-bond donors (Lipinski definition) is 0. The van der Waals surface area contributed by atoms with Crippen LogP contribution in [0.1, 0.15) is 6.92 Å². The third-order valence-corrected chi connectivity index (χ3v) is 3.35. The third-order valence-electron chi connectivity index (χ3n) is 3.35. The molecule has 0 atom stereocenters. The largest absolute Gasteiger partial charge is 0.377 e. The fraction of sp³-hybridized carbons (Fsp3) is 0.722. The molecule has 1 aliphatic heterocycles. The first-order valence-electron chi connectivity index (χ1n) is 8.81. The lowest BCUT2D eigenvalue weighted by molar-refractivity contribution is -0.127. The molecular weight excluding hydrogens is 326 g/mol. The molecular formula is C18H31NO6. The molecule has 0 aromatic heterocycles. The number of hydrogen-bond acceptors (Lipinski definition) is 6.